The van der Waals surface area contributed by atoms with E-state index < -0.39 is 10.0 Å². The van der Waals surface area contributed by atoms with Crippen molar-refractivity contribution in [1.29, 1.82) is 0 Å². The largest absolute Gasteiger partial charge is 0.497 e. The maximum Gasteiger partial charge on any atom is 0.284 e. The Kier molecular flexibility index (Phi) is 3.70. The van der Waals surface area contributed by atoms with Crippen LogP contribution in [0.3, 0.4) is 0 Å². The van der Waals surface area contributed by atoms with Crippen LogP contribution in [0.1, 0.15) is 6.92 Å². The summed E-state index contributed by atoms with van der Waals surface area (Å²) in [5.74, 6) is 0.743. The third-order valence-electron chi connectivity index (χ3n) is 2.35. The highest BCUT2D eigenvalue weighted by atomic mass is 32.2. The highest BCUT2D eigenvalue weighted by Gasteiger charge is 2.19. The third-order valence-corrected chi connectivity index (χ3v) is 3.89. The van der Waals surface area contributed by atoms with Gasteiger partial charge in [-0.1, -0.05) is 5.10 Å². The zero-order valence-electron chi connectivity index (χ0n) is 10.5. The van der Waals surface area contributed by atoms with Gasteiger partial charge in [0.1, 0.15) is 11.9 Å². The van der Waals surface area contributed by atoms with Crippen LogP contribution < -0.4 is 9.47 Å². The van der Waals surface area contributed by atoms with Crippen LogP contribution in [0.2, 0.25) is 0 Å². The van der Waals surface area contributed by atoms with Crippen LogP contribution in [0.4, 0.5) is 0 Å². The SMILES string of the molecule is CCOc1cn(S(=O)(=O)c2ccc(OC)cc2)nn1. The van der Waals surface area contributed by atoms with Crippen molar-refractivity contribution in [2.24, 2.45) is 0 Å². The number of hydrogen-bond acceptors (Lipinski definition) is 6. The Hall–Kier alpha value is -2.09. The van der Waals surface area contributed by atoms with Crippen LogP contribution in [-0.4, -0.2) is 36.5 Å². The van der Waals surface area contributed by atoms with Gasteiger partial charge >= 0.3 is 0 Å². The molecule has 7 nitrogen and oxygen atoms in total. The minimum atomic E-state index is -3.75. The summed E-state index contributed by atoms with van der Waals surface area (Å²) in [6, 6.07) is 6.01. The van der Waals surface area contributed by atoms with E-state index in [9.17, 15) is 8.42 Å². The van der Waals surface area contributed by atoms with Gasteiger partial charge in [-0.05, 0) is 36.4 Å². The summed E-state index contributed by atoms with van der Waals surface area (Å²) in [6.45, 7) is 2.16. The molecule has 0 aliphatic heterocycles. The van der Waals surface area contributed by atoms with Gasteiger partial charge in [-0.15, -0.1) is 4.09 Å². The zero-order valence-corrected chi connectivity index (χ0v) is 11.3. The van der Waals surface area contributed by atoms with E-state index in [-0.39, 0.29) is 10.8 Å². The molecule has 0 atom stereocenters. The Morgan fingerprint density at radius 2 is 1.95 bits per heavy atom. The molecule has 1 heterocycles. The summed E-state index contributed by atoms with van der Waals surface area (Å²) < 4.78 is 35.3. The van der Waals surface area contributed by atoms with Gasteiger partial charge in [0, 0.05) is 0 Å². The van der Waals surface area contributed by atoms with Gasteiger partial charge in [-0.25, -0.2) is 0 Å². The van der Waals surface area contributed by atoms with Crippen LogP contribution in [0.15, 0.2) is 35.4 Å². The van der Waals surface area contributed by atoms with E-state index in [1.807, 2.05) is 0 Å². The Labute approximate surface area is 110 Å². The molecule has 102 valence electrons. The van der Waals surface area contributed by atoms with Gasteiger partial charge in [0.25, 0.3) is 15.9 Å². The van der Waals surface area contributed by atoms with E-state index >= 15 is 0 Å². The van der Waals surface area contributed by atoms with Gasteiger partial charge < -0.3 is 9.47 Å². The molecule has 0 aliphatic rings. The molecule has 0 radical (unpaired) electrons. The molecule has 19 heavy (non-hydrogen) atoms. The molecule has 8 heteroatoms. The highest BCUT2D eigenvalue weighted by molar-refractivity contribution is 7.89. The maximum absolute atomic E-state index is 12.2. The van der Waals surface area contributed by atoms with E-state index in [1.165, 1.54) is 25.4 Å². The molecule has 0 aliphatic carbocycles. The smallest absolute Gasteiger partial charge is 0.284 e. The second-order valence-electron chi connectivity index (χ2n) is 3.54. The Balaban J connectivity index is 2.34. The monoisotopic (exact) mass is 283 g/mol. The summed E-state index contributed by atoms with van der Waals surface area (Å²) in [7, 11) is -2.24. The van der Waals surface area contributed by atoms with Gasteiger partial charge in [0.2, 0.25) is 0 Å². The fourth-order valence-corrected chi connectivity index (χ4v) is 2.48. The lowest BCUT2D eigenvalue weighted by Gasteiger charge is -2.04. The van der Waals surface area contributed by atoms with Crippen LogP contribution in [0, 0.1) is 0 Å². The standard InChI is InChI=1S/C11H13N3O4S/c1-3-18-11-8-14(13-12-11)19(15,16)10-6-4-9(17-2)5-7-10/h4-8H,3H2,1-2H3. The lowest BCUT2D eigenvalue weighted by Crippen LogP contribution is -2.13. The molecule has 1 aromatic heterocycles. The number of nitrogens with zero attached hydrogens (tertiary/aromatic N) is 3. The van der Waals surface area contributed by atoms with Crippen molar-refractivity contribution < 1.29 is 17.9 Å². The topological polar surface area (TPSA) is 83.3 Å². The molecule has 0 N–H and O–H groups in total. The molecule has 0 fully saturated rings. The predicted octanol–water partition coefficient (Wildman–Crippen LogP) is 0.922. The molecule has 0 saturated carbocycles. The number of rotatable bonds is 5. The minimum absolute atomic E-state index is 0.0984. The number of ether oxygens (including phenoxy) is 2. The zero-order chi connectivity index (χ0) is 13.9. The van der Waals surface area contributed by atoms with E-state index in [4.69, 9.17) is 9.47 Å². The van der Waals surface area contributed by atoms with E-state index in [0.717, 1.165) is 4.09 Å². The second kappa shape index (κ2) is 5.27. The molecule has 0 spiro atoms. The molecule has 1 aromatic carbocycles. The highest BCUT2D eigenvalue weighted by Crippen LogP contribution is 2.18. The van der Waals surface area contributed by atoms with Crippen molar-refractivity contribution in [2.45, 2.75) is 11.8 Å². The van der Waals surface area contributed by atoms with Crippen LogP contribution in [0.25, 0.3) is 0 Å². The third kappa shape index (κ3) is 2.68. The Bertz CT molecular complexity index is 649. The summed E-state index contributed by atoms with van der Waals surface area (Å²) in [5, 5.41) is 7.17. The predicted molar refractivity (Wildman–Crippen MR) is 66.8 cm³/mol. The minimum Gasteiger partial charge on any atom is -0.497 e. The van der Waals surface area contributed by atoms with E-state index in [2.05, 4.69) is 10.3 Å². The molecule has 0 saturated heterocycles. The molecule has 0 bridgehead atoms. The number of aromatic nitrogens is 3. The second-order valence-corrected chi connectivity index (χ2v) is 5.34. The van der Waals surface area contributed by atoms with Gasteiger partial charge in [-0.3, -0.25) is 0 Å². The lowest BCUT2D eigenvalue weighted by molar-refractivity contribution is 0.326. The molecular weight excluding hydrogens is 270 g/mol. The van der Waals surface area contributed by atoms with Gasteiger partial charge in [0.05, 0.1) is 18.6 Å². The number of hydrogen-bond donors (Lipinski definition) is 0. The first-order valence-corrected chi connectivity index (χ1v) is 6.96. The lowest BCUT2D eigenvalue weighted by atomic mass is 10.3. The maximum atomic E-state index is 12.2. The molecule has 2 aromatic rings. The van der Waals surface area contributed by atoms with Gasteiger partial charge in [0.15, 0.2) is 0 Å². The summed E-state index contributed by atoms with van der Waals surface area (Å²) >= 11 is 0. The quantitative estimate of drug-likeness (QED) is 0.811. The molecule has 2 rings (SSSR count). The molecule has 0 amide bonds. The summed E-state index contributed by atoms with van der Waals surface area (Å²) in [6.07, 6.45) is 1.23. The van der Waals surface area contributed by atoms with Gasteiger partial charge in [-0.2, -0.15) is 8.42 Å². The number of benzene rings is 1. The van der Waals surface area contributed by atoms with Crippen molar-refractivity contribution in [3.8, 4) is 11.6 Å². The molecular formula is C11H13N3O4S. The van der Waals surface area contributed by atoms with Crippen LogP contribution in [-0.2, 0) is 10.0 Å². The normalized spacial score (nSPS) is 11.3. The molecule has 0 unspecified atom stereocenters. The Morgan fingerprint density at radius 3 is 2.53 bits per heavy atom. The van der Waals surface area contributed by atoms with Crippen molar-refractivity contribution in [3.63, 3.8) is 0 Å². The van der Waals surface area contributed by atoms with Crippen molar-refractivity contribution in [1.82, 2.24) is 14.4 Å². The average Bonchev–Trinajstić information content (AvgIpc) is 2.89. The van der Waals surface area contributed by atoms with Crippen LogP contribution in [0.5, 0.6) is 11.6 Å². The Morgan fingerprint density at radius 1 is 1.26 bits per heavy atom. The fraction of sp³-hybridized carbons (Fsp3) is 0.273. The van der Waals surface area contributed by atoms with Crippen molar-refractivity contribution in [2.75, 3.05) is 13.7 Å². The summed E-state index contributed by atoms with van der Waals surface area (Å²) in [5.41, 5.74) is 0. The van der Waals surface area contributed by atoms with Crippen LogP contribution >= 0.6 is 0 Å². The van der Waals surface area contributed by atoms with Crippen molar-refractivity contribution >= 4 is 10.0 Å². The first-order valence-electron chi connectivity index (χ1n) is 5.52. The average molecular weight is 283 g/mol. The first kappa shape index (κ1) is 13.3. The first-order chi connectivity index (χ1) is 9.07. The van der Waals surface area contributed by atoms with E-state index in [1.54, 1.807) is 19.1 Å². The summed E-state index contributed by atoms with van der Waals surface area (Å²) in [4.78, 5) is 0.0984. The number of methoxy groups -OCH3 is 1. The fourth-order valence-electron chi connectivity index (χ4n) is 1.42. The van der Waals surface area contributed by atoms with E-state index in [0.29, 0.717) is 12.4 Å². The van der Waals surface area contributed by atoms with Crippen molar-refractivity contribution in [3.05, 3.63) is 30.5 Å².